The van der Waals surface area contributed by atoms with Crippen LogP contribution in [0.5, 0.6) is 0 Å². The van der Waals surface area contributed by atoms with Crippen molar-refractivity contribution in [1.29, 1.82) is 0 Å². The maximum Gasteiger partial charge on any atom is 0.320 e. The van der Waals surface area contributed by atoms with Crippen molar-refractivity contribution in [2.75, 3.05) is 0 Å². The number of rotatable bonds is 6. The third kappa shape index (κ3) is 3.55. The van der Waals surface area contributed by atoms with E-state index in [2.05, 4.69) is 22.8 Å². The highest BCUT2D eigenvalue weighted by molar-refractivity contribution is 7.17. The van der Waals surface area contributed by atoms with Gasteiger partial charge in [0.05, 0.1) is 0 Å². The average Bonchev–Trinajstić information content (AvgIpc) is 2.77. The van der Waals surface area contributed by atoms with Gasteiger partial charge < -0.3 is 10.4 Å². The van der Waals surface area contributed by atoms with E-state index < -0.39 is 12.0 Å². The van der Waals surface area contributed by atoms with Gasteiger partial charge in [0, 0.05) is 11.2 Å². The third-order valence-corrected chi connectivity index (χ3v) is 4.12. The summed E-state index contributed by atoms with van der Waals surface area (Å²) in [6, 6.07) is 7.74. The number of thiophene rings is 1. The number of fused-ring (bicyclic) bond motifs is 1. The molecule has 0 bridgehead atoms. The normalized spacial score (nSPS) is 13.0. The predicted octanol–water partition coefficient (Wildman–Crippen LogP) is 3.49. The van der Waals surface area contributed by atoms with E-state index in [1.807, 2.05) is 26.0 Å². The van der Waals surface area contributed by atoms with Crippen molar-refractivity contribution in [3.05, 3.63) is 35.2 Å². The number of hydrogen-bond donors (Lipinski definition) is 2. The van der Waals surface area contributed by atoms with Crippen LogP contribution in [0, 0.1) is 5.92 Å². The van der Waals surface area contributed by atoms with Gasteiger partial charge in [-0.1, -0.05) is 32.0 Å². The van der Waals surface area contributed by atoms with Gasteiger partial charge in [0.25, 0.3) is 0 Å². The molecule has 3 nitrogen and oxygen atoms in total. The lowest BCUT2D eigenvalue weighted by molar-refractivity contribution is -0.140. The monoisotopic (exact) mass is 277 g/mol. The molecule has 19 heavy (non-hydrogen) atoms. The Morgan fingerprint density at radius 1 is 1.37 bits per heavy atom. The Hall–Kier alpha value is -1.39. The lowest BCUT2D eigenvalue weighted by Gasteiger charge is -2.16. The number of benzene rings is 1. The summed E-state index contributed by atoms with van der Waals surface area (Å²) in [5, 5.41) is 15.7. The molecule has 1 unspecified atom stereocenters. The highest BCUT2D eigenvalue weighted by atomic mass is 32.1. The largest absolute Gasteiger partial charge is 0.480 e. The van der Waals surface area contributed by atoms with E-state index in [0.29, 0.717) is 18.9 Å². The van der Waals surface area contributed by atoms with Crippen molar-refractivity contribution in [3.63, 3.8) is 0 Å². The molecule has 0 aliphatic rings. The molecule has 0 saturated heterocycles. The first-order valence-electron chi connectivity index (χ1n) is 6.49. The first-order chi connectivity index (χ1) is 9.08. The van der Waals surface area contributed by atoms with Gasteiger partial charge in [0.2, 0.25) is 0 Å². The van der Waals surface area contributed by atoms with Crippen LogP contribution in [0.25, 0.3) is 10.1 Å². The summed E-state index contributed by atoms with van der Waals surface area (Å²) in [6.07, 6.45) is 0.650. The topological polar surface area (TPSA) is 49.3 Å². The second-order valence-corrected chi connectivity index (χ2v) is 6.07. The number of carboxylic acids is 1. The van der Waals surface area contributed by atoms with Gasteiger partial charge in [-0.05, 0) is 34.7 Å². The fourth-order valence-corrected chi connectivity index (χ4v) is 3.11. The van der Waals surface area contributed by atoms with Crippen LogP contribution >= 0.6 is 11.3 Å². The van der Waals surface area contributed by atoms with Crippen molar-refractivity contribution < 1.29 is 9.90 Å². The summed E-state index contributed by atoms with van der Waals surface area (Å²) in [4.78, 5) is 11.2. The highest BCUT2D eigenvalue weighted by Crippen LogP contribution is 2.25. The molecule has 1 atom stereocenters. The third-order valence-electron chi connectivity index (χ3n) is 3.11. The molecule has 2 aromatic rings. The average molecular weight is 277 g/mol. The molecule has 0 aliphatic heterocycles. The molecule has 102 valence electrons. The Kier molecular flexibility index (Phi) is 4.56. The van der Waals surface area contributed by atoms with Crippen molar-refractivity contribution in [1.82, 2.24) is 5.32 Å². The standard InChI is InChI=1S/C15H19NO2S/c1-10(2)7-13(15(17)18)16-8-11-9-19-14-6-4-3-5-12(11)14/h3-6,9-10,13,16H,7-8H2,1-2H3,(H,17,18). The van der Waals surface area contributed by atoms with E-state index in [1.54, 1.807) is 11.3 Å². The molecule has 4 heteroatoms. The van der Waals surface area contributed by atoms with Gasteiger partial charge in [-0.3, -0.25) is 4.79 Å². The quantitative estimate of drug-likeness (QED) is 0.849. The number of hydrogen-bond acceptors (Lipinski definition) is 3. The summed E-state index contributed by atoms with van der Waals surface area (Å²) < 4.78 is 1.25. The van der Waals surface area contributed by atoms with Crippen LogP contribution < -0.4 is 5.32 Å². The maximum absolute atomic E-state index is 11.2. The molecule has 0 saturated carbocycles. The molecule has 0 fully saturated rings. The Balaban J connectivity index is 2.06. The Morgan fingerprint density at radius 2 is 2.11 bits per heavy atom. The second-order valence-electron chi connectivity index (χ2n) is 5.16. The number of nitrogens with one attached hydrogen (secondary N) is 1. The molecular weight excluding hydrogens is 258 g/mol. The molecule has 2 rings (SSSR count). The minimum atomic E-state index is -0.770. The first-order valence-corrected chi connectivity index (χ1v) is 7.37. The van der Waals surface area contributed by atoms with Crippen molar-refractivity contribution in [3.8, 4) is 0 Å². The number of aliphatic carboxylic acids is 1. The lowest BCUT2D eigenvalue weighted by atomic mass is 10.0. The van der Waals surface area contributed by atoms with Crippen molar-refractivity contribution >= 4 is 27.4 Å². The van der Waals surface area contributed by atoms with Gasteiger partial charge in [-0.15, -0.1) is 11.3 Å². The zero-order valence-corrected chi connectivity index (χ0v) is 12.0. The Labute approximate surface area is 117 Å². The van der Waals surface area contributed by atoms with Gasteiger partial charge >= 0.3 is 5.97 Å². The summed E-state index contributed by atoms with van der Waals surface area (Å²) in [5.41, 5.74) is 1.18. The first kappa shape index (κ1) is 14.0. The Bertz CT molecular complexity index is 562. The SMILES string of the molecule is CC(C)CC(NCc1csc2ccccc12)C(=O)O. The zero-order chi connectivity index (χ0) is 13.8. The van der Waals surface area contributed by atoms with E-state index >= 15 is 0 Å². The van der Waals surface area contributed by atoms with Crippen LogP contribution in [0.3, 0.4) is 0 Å². The number of carbonyl (C=O) groups is 1. The summed E-state index contributed by atoms with van der Waals surface area (Å²) in [5.74, 6) is -0.402. The van der Waals surface area contributed by atoms with Crippen LogP contribution in [0.4, 0.5) is 0 Å². The van der Waals surface area contributed by atoms with Crippen molar-refractivity contribution in [2.24, 2.45) is 5.92 Å². The lowest BCUT2D eigenvalue weighted by Crippen LogP contribution is -2.37. The number of carboxylic acid groups (broad SMARTS) is 1. The highest BCUT2D eigenvalue weighted by Gasteiger charge is 2.18. The van der Waals surface area contributed by atoms with Gasteiger partial charge in [-0.25, -0.2) is 0 Å². The molecule has 0 radical (unpaired) electrons. The summed E-state index contributed by atoms with van der Waals surface area (Å²) >= 11 is 1.70. The van der Waals surface area contributed by atoms with Crippen molar-refractivity contribution in [2.45, 2.75) is 32.9 Å². The van der Waals surface area contributed by atoms with E-state index in [4.69, 9.17) is 0 Å². The zero-order valence-electron chi connectivity index (χ0n) is 11.2. The molecule has 0 amide bonds. The van der Waals surface area contributed by atoms with E-state index in [-0.39, 0.29) is 0 Å². The molecular formula is C15H19NO2S. The van der Waals surface area contributed by atoms with E-state index in [9.17, 15) is 9.90 Å². The maximum atomic E-state index is 11.2. The second kappa shape index (κ2) is 6.17. The van der Waals surface area contributed by atoms with Gasteiger partial charge in [-0.2, -0.15) is 0 Å². The summed E-state index contributed by atoms with van der Waals surface area (Å²) in [7, 11) is 0. The predicted molar refractivity (Wildman–Crippen MR) is 79.5 cm³/mol. The molecule has 1 aromatic carbocycles. The van der Waals surface area contributed by atoms with Crippen LogP contribution in [0.2, 0.25) is 0 Å². The smallest absolute Gasteiger partial charge is 0.320 e. The van der Waals surface area contributed by atoms with Crippen LogP contribution in [-0.2, 0) is 11.3 Å². The molecule has 1 heterocycles. The molecule has 0 aliphatic carbocycles. The molecule has 0 spiro atoms. The fourth-order valence-electron chi connectivity index (χ4n) is 2.15. The van der Waals surface area contributed by atoms with E-state index in [1.165, 1.54) is 15.6 Å². The molecule has 1 aromatic heterocycles. The van der Waals surface area contributed by atoms with Gasteiger partial charge in [0.15, 0.2) is 0 Å². The molecule has 2 N–H and O–H groups in total. The van der Waals surface area contributed by atoms with Crippen LogP contribution in [0.1, 0.15) is 25.8 Å². The van der Waals surface area contributed by atoms with Gasteiger partial charge in [0.1, 0.15) is 6.04 Å². The summed E-state index contributed by atoms with van der Waals surface area (Å²) in [6.45, 7) is 4.68. The van der Waals surface area contributed by atoms with E-state index in [0.717, 1.165) is 0 Å². The minimum absolute atomic E-state index is 0.368. The minimum Gasteiger partial charge on any atom is -0.480 e. The Morgan fingerprint density at radius 3 is 2.79 bits per heavy atom. The fraction of sp³-hybridized carbons (Fsp3) is 0.400. The van der Waals surface area contributed by atoms with Crippen LogP contribution in [-0.4, -0.2) is 17.1 Å². The van der Waals surface area contributed by atoms with Crippen LogP contribution in [0.15, 0.2) is 29.6 Å².